The standard InChI is InChI=1S/C9H19BN2O2/c1-8(2,13)9(3,4)14-10-7(12)5-6-11/h5-6,10-11,13H,12H2,1-4H3/b7-5-,11-6?. The van der Waals surface area contributed by atoms with Gasteiger partial charge in [-0.3, -0.25) is 0 Å². The first-order valence-electron chi connectivity index (χ1n) is 4.52. The van der Waals surface area contributed by atoms with Crippen LogP contribution in [0.15, 0.2) is 11.7 Å². The zero-order chi connectivity index (χ0) is 11.4. The van der Waals surface area contributed by atoms with Crippen molar-refractivity contribution in [3.05, 3.63) is 11.7 Å². The second-order valence-electron chi connectivity index (χ2n) is 4.27. The van der Waals surface area contributed by atoms with Gasteiger partial charge in [-0.25, -0.2) is 0 Å². The molecule has 14 heavy (non-hydrogen) atoms. The fourth-order valence-corrected chi connectivity index (χ4v) is 0.596. The van der Waals surface area contributed by atoms with Gasteiger partial charge in [0.15, 0.2) is 0 Å². The topological polar surface area (TPSA) is 79.3 Å². The van der Waals surface area contributed by atoms with E-state index in [2.05, 4.69) is 0 Å². The Kier molecular flexibility index (Phi) is 4.35. The highest BCUT2D eigenvalue weighted by Gasteiger charge is 2.35. The SMILES string of the molecule is CC(C)(O)C(C)(C)OB/C(N)=C/C=N. The van der Waals surface area contributed by atoms with Crippen LogP contribution in [0.3, 0.4) is 0 Å². The van der Waals surface area contributed by atoms with Crippen LogP contribution in [0.5, 0.6) is 0 Å². The molecule has 4 nitrogen and oxygen atoms in total. The predicted molar refractivity (Wildman–Crippen MR) is 59.7 cm³/mol. The molecule has 80 valence electrons. The lowest BCUT2D eigenvalue weighted by Gasteiger charge is -2.37. The van der Waals surface area contributed by atoms with Crippen molar-refractivity contribution in [3.8, 4) is 0 Å². The summed E-state index contributed by atoms with van der Waals surface area (Å²) >= 11 is 0. The van der Waals surface area contributed by atoms with E-state index in [1.807, 2.05) is 0 Å². The average molecular weight is 198 g/mol. The Labute approximate surface area is 85.9 Å². The lowest BCUT2D eigenvalue weighted by atomic mass is 9.85. The van der Waals surface area contributed by atoms with Gasteiger partial charge in [-0.1, -0.05) is 0 Å². The quantitative estimate of drug-likeness (QED) is 0.440. The number of hydrogen-bond acceptors (Lipinski definition) is 4. The van der Waals surface area contributed by atoms with E-state index in [1.165, 1.54) is 6.08 Å². The molecule has 0 atom stereocenters. The van der Waals surface area contributed by atoms with E-state index in [-0.39, 0.29) is 7.48 Å². The van der Waals surface area contributed by atoms with E-state index in [1.54, 1.807) is 27.7 Å². The predicted octanol–water partition coefficient (Wildman–Crippen LogP) is 0.354. The Morgan fingerprint density at radius 1 is 1.43 bits per heavy atom. The van der Waals surface area contributed by atoms with Gasteiger partial charge in [0.05, 0.1) is 11.2 Å². The summed E-state index contributed by atoms with van der Waals surface area (Å²) in [5, 5.41) is 16.6. The molecular weight excluding hydrogens is 179 g/mol. The van der Waals surface area contributed by atoms with E-state index < -0.39 is 11.2 Å². The van der Waals surface area contributed by atoms with Crippen LogP contribution in [-0.4, -0.2) is 30.0 Å². The minimum atomic E-state index is -0.933. The summed E-state index contributed by atoms with van der Waals surface area (Å²) in [5.74, 6) is 0. The summed E-state index contributed by atoms with van der Waals surface area (Å²) < 4.78 is 5.46. The molecule has 0 saturated carbocycles. The number of allylic oxidation sites excluding steroid dienone is 1. The molecule has 0 rings (SSSR count). The van der Waals surface area contributed by atoms with Gasteiger partial charge in [0, 0.05) is 11.8 Å². The molecule has 0 aliphatic heterocycles. The first-order valence-corrected chi connectivity index (χ1v) is 4.52. The first kappa shape index (κ1) is 13.2. The van der Waals surface area contributed by atoms with Crippen molar-refractivity contribution in [1.29, 1.82) is 5.41 Å². The second-order valence-corrected chi connectivity index (χ2v) is 4.27. The fraction of sp³-hybridized carbons (Fsp3) is 0.667. The summed E-state index contributed by atoms with van der Waals surface area (Å²) in [5.41, 5.74) is 4.40. The highest BCUT2D eigenvalue weighted by Crippen LogP contribution is 2.24. The average Bonchev–Trinajstić information content (AvgIpc) is 1.99. The Hall–Kier alpha value is -0.805. The second kappa shape index (κ2) is 4.62. The van der Waals surface area contributed by atoms with E-state index in [9.17, 15) is 5.11 Å². The third-order valence-electron chi connectivity index (χ3n) is 2.37. The highest BCUT2D eigenvalue weighted by molar-refractivity contribution is 6.38. The summed E-state index contributed by atoms with van der Waals surface area (Å²) in [4.78, 5) is 0. The summed E-state index contributed by atoms with van der Waals surface area (Å²) in [6.45, 7) is 6.96. The first-order chi connectivity index (χ1) is 6.20. The number of nitrogens with one attached hydrogen (secondary N) is 1. The molecule has 0 saturated heterocycles. The molecule has 0 radical (unpaired) electrons. The summed E-state index contributed by atoms with van der Waals surface area (Å²) in [6.07, 6.45) is 2.57. The molecule has 0 aliphatic rings. The van der Waals surface area contributed by atoms with Gasteiger partial charge >= 0.3 is 7.48 Å². The van der Waals surface area contributed by atoms with Gasteiger partial charge in [-0.15, -0.1) is 0 Å². The number of rotatable bonds is 5. The molecule has 0 fully saturated rings. The van der Waals surface area contributed by atoms with Crippen molar-refractivity contribution in [3.63, 3.8) is 0 Å². The number of hydrogen-bond donors (Lipinski definition) is 3. The lowest BCUT2D eigenvalue weighted by Crippen LogP contribution is -2.48. The zero-order valence-corrected chi connectivity index (χ0v) is 9.29. The number of nitrogens with two attached hydrogens (primary N) is 1. The van der Waals surface area contributed by atoms with Crippen LogP contribution < -0.4 is 5.73 Å². The molecule has 0 aromatic rings. The van der Waals surface area contributed by atoms with Crippen LogP contribution in [0.1, 0.15) is 27.7 Å². The molecule has 0 spiro atoms. The number of aliphatic hydroxyl groups is 1. The Bertz CT molecular complexity index is 231. The highest BCUT2D eigenvalue weighted by atomic mass is 16.5. The normalized spacial score (nSPS) is 13.9. The maximum absolute atomic E-state index is 9.76. The Morgan fingerprint density at radius 3 is 2.29 bits per heavy atom. The van der Waals surface area contributed by atoms with E-state index in [0.717, 1.165) is 6.21 Å². The van der Waals surface area contributed by atoms with Gasteiger partial charge in [-0.05, 0) is 33.8 Å². The minimum Gasteiger partial charge on any atom is -0.425 e. The van der Waals surface area contributed by atoms with Crippen molar-refractivity contribution >= 4 is 13.7 Å². The molecule has 0 amide bonds. The Morgan fingerprint density at radius 2 is 1.93 bits per heavy atom. The third-order valence-corrected chi connectivity index (χ3v) is 2.37. The molecular formula is C9H19BN2O2. The van der Waals surface area contributed by atoms with Crippen molar-refractivity contribution in [2.45, 2.75) is 38.9 Å². The maximum atomic E-state index is 9.76. The van der Waals surface area contributed by atoms with Crippen LogP contribution in [0.25, 0.3) is 0 Å². The van der Waals surface area contributed by atoms with Crippen LogP contribution in [0.2, 0.25) is 0 Å². The summed E-state index contributed by atoms with van der Waals surface area (Å²) in [7, 11) is 0.215. The fourth-order valence-electron chi connectivity index (χ4n) is 0.596. The lowest BCUT2D eigenvalue weighted by molar-refractivity contribution is -0.0897. The van der Waals surface area contributed by atoms with Crippen molar-refractivity contribution < 1.29 is 9.76 Å². The van der Waals surface area contributed by atoms with Gasteiger partial charge in [0.2, 0.25) is 0 Å². The van der Waals surface area contributed by atoms with Crippen molar-refractivity contribution in [2.24, 2.45) is 5.73 Å². The molecule has 0 unspecified atom stereocenters. The zero-order valence-electron chi connectivity index (χ0n) is 9.29. The molecule has 0 bridgehead atoms. The summed E-state index contributed by atoms with van der Waals surface area (Å²) in [6, 6.07) is 0. The van der Waals surface area contributed by atoms with Crippen LogP contribution in [0.4, 0.5) is 0 Å². The van der Waals surface area contributed by atoms with Crippen molar-refractivity contribution in [1.82, 2.24) is 0 Å². The van der Waals surface area contributed by atoms with Gasteiger partial charge < -0.3 is 20.9 Å². The molecule has 0 heterocycles. The molecule has 4 N–H and O–H groups in total. The third kappa shape index (κ3) is 3.94. The maximum Gasteiger partial charge on any atom is 0.325 e. The van der Waals surface area contributed by atoms with Gasteiger partial charge in [0.25, 0.3) is 0 Å². The minimum absolute atomic E-state index is 0.215. The van der Waals surface area contributed by atoms with E-state index in [0.29, 0.717) is 5.60 Å². The molecule has 0 aromatic heterocycles. The monoisotopic (exact) mass is 198 g/mol. The largest absolute Gasteiger partial charge is 0.425 e. The van der Waals surface area contributed by atoms with Crippen LogP contribution in [-0.2, 0) is 4.65 Å². The van der Waals surface area contributed by atoms with Crippen LogP contribution >= 0.6 is 0 Å². The molecule has 0 aromatic carbocycles. The van der Waals surface area contributed by atoms with Gasteiger partial charge in [-0.2, -0.15) is 0 Å². The van der Waals surface area contributed by atoms with Gasteiger partial charge in [0.1, 0.15) is 0 Å². The van der Waals surface area contributed by atoms with E-state index >= 15 is 0 Å². The van der Waals surface area contributed by atoms with E-state index in [4.69, 9.17) is 15.8 Å². The van der Waals surface area contributed by atoms with Crippen LogP contribution in [0, 0.1) is 5.41 Å². The molecule has 5 heteroatoms. The smallest absolute Gasteiger partial charge is 0.325 e. The molecule has 0 aliphatic carbocycles. The van der Waals surface area contributed by atoms with Crippen molar-refractivity contribution in [2.75, 3.05) is 0 Å². The Balaban J connectivity index is 4.26.